The van der Waals surface area contributed by atoms with Gasteiger partial charge in [-0.05, 0) is 42.8 Å². The van der Waals surface area contributed by atoms with Crippen LogP contribution in [0, 0.1) is 12.7 Å². The average molecular weight is 286 g/mol. The van der Waals surface area contributed by atoms with Gasteiger partial charge in [-0.2, -0.15) is 0 Å². The normalized spacial score (nSPS) is 12.6. The number of furan rings is 1. The van der Waals surface area contributed by atoms with E-state index in [0.29, 0.717) is 28.0 Å². The molecule has 1 N–H and O–H groups in total. The van der Waals surface area contributed by atoms with E-state index in [-0.39, 0.29) is 5.82 Å². The molecule has 0 amide bonds. The summed E-state index contributed by atoms with van der Waals surface area (Å²) >= 11 is 0. The number of hydrogen-bond donors (Lipinski definition) is 1. The van der Waals surface area contributed by atoms with Crippen molar-refractivity contribution in [3.63, 3.8) is 0 Å². The molecule has 0 radical (unpaired) electrons. The Hall–Kier alpha value is -2.33. The second-order valence-corrected chi connectivity index (χ2v) is 4.91. The number of aliphatic hydroxyl groups excluding tert-OH is 1. The fraction of sp³-hybridized carbons (Fsp3) is 0.176. The second-order valence-electron chi connectivity index (χ2n) is 4.91. The van der Waals surface area contributed by atoms with Gasteiger partial charge in [0.2, 0.25) is 0 Å². The number of ether oxygens (including phenoxy) is 1. The van der Waals surface area contributed by atoms with Gasteiger partial charge in [-0.15, -0.1) is 0 Å². The molecule has 3 rings (SSSR count). The van der Waals surface area contributed by atoms with Crippen molar-refractivity contribution in [3.05, 3.63) is 65.2 Å². The molecule has 1 aromatic heterocycles. The number of benzene rings is 2. The highest BCUT2D eigenvalue weighted by atomic mass is 19.1. The number of rotatable bonds is 3. The first-order valence-electron chi connectivity index (χ1n) is 6.60. The minimum absolute atomic E-state index is 0.322. The van der Waals surface area contributed by atoms with Gasteiger partial charge in [0.05, 0.1) is 7.11 Å². The molecule has 108 valence electrons. The first kappa shape index (κ1) is 13.6. The molecule has 0 saturated carbocycles. The molecule has 3 nitrogen and oxygen atoms in total. The Morgan fingerprint density at radius 2 is 1.86 bits per heavy atom. The van der Waals surface area contributed by atoms with Gasteiger partial charge in [-0.1, -0.05) is 12.1 Å². The van der Waals surface area contributed by atoms with Crippen molar-refractivity contribution in [1.82, 2.24) is 0 Å². The van der Waals surface area contributed by atoms with Crippen LogP contribution in [0.1, 0.15) is 23.0 Å². The number of fused-ring (bicyclic) bond motifs is 1. The van der Waals surface area contributed by atoms with E-state index in [4.69, 9.17) is 9.15 Å². The van der Waals surface area contributed by atoms with Gasteiger partial charge >= 0.3 is 0 Å². The Morgan fingerprint density at radius 3 is 2.52 bits per heavy atom. The van der Waals surface area contributed by atoms with Crippen LogP contribution in [-0.2, 0) is 0 Å². The molecule has 0 spiro atoms. The maximum absolute atomic E-state index is 13.3. The van der Waals surface area contributed by atoms with E-state index < -0.39 is 6.10 Å². The summed E-state index contributed by atoms with van der Waals surface area (Å²) in [6.07, 6.45) is -0.897. The standard InChI is InChI=1S/C17H15FO3/c1-10-14-9-12(18)5-8-15(14)21-17(10)16(19)11-3-6-13(20-2)7-4-11/h3-9,16,19H,1-2H3. The van der Waals surface area contributed by atoms with Crippen LogP contribution in [0.2, 0.25) is 0 Å². The number of aliphatic hydroxyl groups is 1. The lowest BCUT2D eigenvalue weighted by atomic mass is 10.0. The number of aryl methyl sites for hydroxylation is 1. The highest BCUT2D eigenvalue weighted by Crippen LogP contribution is 2.33. The lowest BCUT2D eigenvalue weighted by Crippen LogP contribution is -1.99. The zero-order chi connectivity index (χ0) is 15.0. The Morgan fingerprint density at radius 1 is 1.14 bits per heavy atom. The van der Waals surface area contributed by atoms with Gasteiger partial charge in [0, 0.05) is 10.9 Å². The quantitative estimate of drug-likeness (QED) is 0.792. The molecule has 1 unspecified atom stereocenters. The molecule has 21 heavy (non-hydrogen) atoms. The Balaban J connectivity index is 2.04. The van der Waals surface area contributed by atoms with Gasteiger partial charge in [0.1, 0.15) is 29.0 Å². The van der Waals surface area contributed by atoms with Crippen LogP contribution in [0.3, 0.4) is 0 Å². The molecule has 1 heterocycles. The fourth-order valence-electron chi connectivity index (χ4n) is 2.41. The summed E-state index contributed by atoms with van der Waals surface area (Å²) < 4.78 is 24.1. The van der Waals surface area contributed by atoms with Crippen LogP contribution < -0.4 is 4.74 Å². The third-order valence-electron chi connectivity index (χ3n) is 3.62. The van der Waals surface area contributed by atoms with E-state index in [1.54, 1.807) is 37.4 Å². The monoisotopic (exact) mass is 286 g/mol. The van der Waals surface area contributed by atoms with Crippen molar-refractivity contribution in [3.8, 4) is 5.75 Å². The number of methoxy groups -OCH3 is 1. The SMILES string of the molecule is COc1ccc(C(O)c2oc3ccc(F)cc3c2C)cc1. The minimum Gasteiger partial charge on any atom is -0.497 e. The van der Waals surface area contributed by atoms with Crippen LogP contribution in [0.5, 0.6) is 5.75 Å². The highest BCUT2D eigenvalue weighted by molar-refractivity contribution is 5.82. The van der Waals surface area contributed by atoms with Gasteiger partial charge < -0.3 is 14.3 Å². The molecule has 1 atom stereocenters. The average Bonchev–Trinajstić information content (AvgIpc) is 2.83. The third kappa shape index (κ3) is 2.38. The molecule has 0 aliphatic rings. The lowest BCUT2D eigenvalue weighted by Gasteiger charge is -2.10. The summed E-state index contributed by atoms with van der Waals surface area (Å²) in [4.78, 5) is 0. The molecule has 4 heteroatoms. The van der Waals surface area contributed by atoms with E-state index in [0.717, 1.165) is 5.56 Å². The van der Waals surface area contributed by atoms with Crippen LogP contribution in [-0.4, -0.2) is 12.2 Å². The number of halogens is 1. The largest absolute Gasteiger partial charge is 0.497 e. The second kappa shape index (κ2) is 5.22. The van der Waals surface area contributed by atoms with Crippen molar-refractivity contribution in [2.75, 3.05) is 7.11 Å². The Kier molecular flexibility index (Phi) is 3.39. The van der Waals surface area contributed by atoms with Gasteiger partial charge in [-0.25, -0.2) is 4.39 Å². The maximum atomic E-state index is 13.3. The summed E-state index contributed by atoms with van der Waals surface area (Å²) in [6, 6.07) is 11.4. The Labute approximate surface area is 121 Å². The van der Waals surface area contributed by atoms with Crippen LogP contribution in [0.4, 0.5) is 4.39 Å². The van der Waals surface area contributed by atoms with Crippen molar-refractivity contribution in [1.29, 1.82) is 0 Å². The van der Waals surface area contributed by atoms with Crippen LogP contribution >= 0.6 is 0 Å². The Bertz CT molecular complexity index is 775. The summed E-state index contributed by atoms with van der Waals surface area (Å²) in [7, 11) is 1.59. The summed E-state index contributed by atoms with van der Waals surface area (Å²) in [5, 5.41) is 11.2. The molecule has 0 saturated heterocycles. The lowest BCUT2D eigenvalue weighted by molar-refractivity contribution is 0.191. The van der Waals surface area contributed by atoms with Crippen molar-refractivity contribution in [2.24, 2.45) is 0 Å². The van der Waals surface area contributed by atoms with E-state index in [1.807, 2.05) is 6.92 Å². The molecule has 0 bridgehead atoms. The van der Waals surface area contributed by atoms with E-state index in [9.17, 15) is 9.50 Å². The molecule has 0 aliphatic carbocycles. The predicted octanol–water partition coefficient (Wildman–Crippen LogP) is 3.97. The van der Waals surface area contributed by atoms with Gasteiger partial charge in [0.15, 0.2) is 0 Å². The fourth-order valence-corrected chi connectivity index (χ4v) is 2.41. The summed E-state index contributed by atoms with van der Waals surface area (Å²) in [5.74, 6) is 0.826. The summed E-state index contributed by atoms with van der Waals surface area (Å²) in [6.45, 7) is 1.81. The molecule has 3 aromatic rings. The zero-order valence-electron chi connectivity index (χ0n) is 11.8. The van der Waals surface area contributed by atoms with Crippen LogP contribution in [0.15, 0.2) is 46.9 Å². The first-order valence-corrected chi connectivity index (χ1v) is 6.60. The molecule has 0 fully saturated rings. The maximum Gasteiger partial charge on any atom is 0.141 e. The molecule has 0 aliphatic heterocycles. The van der Waals surface area contributed by atoms with Crippen molar-refractivity contribution in [2.45, 2.75) is 13.0 Å². The number of hydrogen-bond acceptors (Lipinski definition) is 3. The van der Waals surface area contributed by atoms with E-state index in [2.05, 4.69) is 0 Å². The zero-order valence-corrected chi connectivity index (χ0v) is 11.8. The molecular formula is C17H15FO3. The van der Waals surface area contributed by atoms with Gasteiger partial charge in [-0.3, -0.25) is 0 Å². The minimum atomic E-state index is -0.897. The topological polar surface area (TPSA) is 42.6 Å². The predicted molar refractivity (Wildman–Crippen MR) is 78.0 cm³/mol. The van der Waals surface area contributed by atoms with Gasteiger partial charge in [0.25, 0.3) is 0 Å². The highest BCUT2D eigenvalue weighted by Gasteiger charge is 2.20. The van der Waals surface area contributed by atoms with E-state index in [1.165, 1.54) is 12.1 Å². The molecule has 2 aromatic carbocycles. The third-order valence-corrected chi connectivity index (χ3v) is 3.62. The smallest absolute Gasteiger partial charge is 0.141 e. The van der Waals surface area contributed by atoms with Crippen molar-refractivity contribution < 1.29 is 18.7 Å². The summed E-state index contributed by atoms with van der Waals surface area (Å²) in [5.41, 5.74) is 2.00. The van der Waals surface area contributed by atoms with E-state index >= 15 is 0 Å². The van der Waals surface area contributed by atoms with Crippen molar-refractivity contribution >= 4 is 11.0 Å². The molecular weight excluding hydrogens is 271 g/mol. The van der Waals surface area contributed by atoms with Crippen LogP contribution in [0.25, 0.3) is 11.0 Å². The first-order chi connectivity index (χ1) is 10.1.